The number of rotatable bonds is 6. The molecule has 3 N–H and O–H groups in total. The lowest BCUT2D eigenvalue weighted by molar-refractivity contribution is -0.123. The molecule has 116 valence electrons. The van der Waals surface area contributed by atoms with Crippen molar-refractivity contribution in [3.63, 3.8) is 0 Å². The van der Waals surface area contributed by atoms with Crippen LogP contribution in [0.15, 0.2) is 18.5 Å². The van der Waals surface area contributed by atoms with Gasteiger partial charge in [0.05, 0.1) is 6.04 Å². The number of anilines is 1. The van der Waals surface area contributed by atoms with E-state index in [0.717, 1.165) is 51.1 Å². The molecule has 0 radical (unpaired) electrons. The molecule has 1 unspecified atom stereocenters. The molecule has 6 heteroatoms. The van der Waals surface area contributed by atoms with Crippen LogP contribution >= 0.6 is 0 Å². The maximum absolute atomic E-state index is 12.1. The number of unbranched alkanes of at least 4 members (excludes halogenated alkanes) is 1. The number of nitrogens with zero attached hydrogens (tertiary/aromatic N) is 3. The summed E-state index contributed by atoms with van der Waals surface area (Å²) in [6.07, 6.45) is 8.28. The number of aromatic nitrogens is 2. The van der Waals surface area contributed by atoms with Crippen molar-refractivity contribution in [3.8, 4) is 0 Å². The van der Waals surface area contributed by atoms with E-state index < -0.39 is 6.04 Å². The highest BCUT2D eigenvalue weighted by molar-refractivity contribution is 5.81. The van der Waals surface area contributed by atoms with E-state index in [4.69, 9.17) is 5.73 Å². The molecule has 1 aromatic rings. The Bertz CT molecular complexity index is 439. The SMILES string of the molecule is CCCC[C@H](N)C(=O)NC1CCCN(c2ncccn2)C1. The summed E-state index contributed by atoms with van der Waals surface area (Å²) in [5, 5.41) is 3.07. The van der Waals surface area contributed by atoms with Crippen LogP contribution in [0.2, 0.25) is 0 Å². The van der Waals surface area contributed by atoms with Gasteiger partial charge in [0.1, 0.15) is 0 Å². The zero-order valence-electron chi connectivity index (χ0n) is 12.7. The van der Waals surface area contributed by atoms with Crippen molar-refractivity contribution in [2.45, 2.75) is 51.1 Å². The summed E-state index contributed by atoms with van der Waals surface area (Å²) in [7, 11) is 0. The van der Waals surface area contributed by atoms with Crippen LogP contribution in [-0.2, 0) is 4.79 Å². The molecule has 1 amide bonds. The Kier molecular flexibility index (Phi) is 5.92. The normalized spacial score (nSPS) is 20.1. The lowest BCUT2D eigenvalue weighted by Crippen LogP contribution is -2.52. The van der Waals surface area contributed by atoms with Crippen molar-refractivity contribution in [3.05, 3.63) is 18.5 Å². The summed E-state index contributed by atoms with van der Waals surface area (Å²) in [6.45, 7) is 3.78. The number of hydrogen-bond donors (Lipinski definition) is 2. The van der Waals surface area contributed by atoms with Crippen LogP contribution in [0.3, 0.4) is 0 Å². The summed E-state index contributed by atoms with van der Waals surface area (Å²) in [4.78, 5) is 22.7. The van der Waals surface area contributed by atoms with Crippen LogP contribution in [0.4, 0.5) is 5.95 Å². The number of nitrogens with one attached hydrogen (secondary N) is 1. The molecule has 1 fully saturated rings. The Balaban J connectivity index is 1.85. The summed E-state index contributed by atoms with van der Waals surface area (Å²) < 4.78 is 0. The van der Waals surface area contributed by atoms with E-state index in [1.54, 1.807) is 18.5 Å². The van der Waals surface area contributed by atoms with Gasteiger partial charge >= 0.3 is 0 Å². The first-order valence-electron chi connectivity index (χ1n) is 7.78. The number of amides is 1. The zero-order chi connectivity index (χ0) is 15.1. The molecular formula is C15H25N5O. The number of carbonyl (C=O) groups excluding carboxylic acids is 1. The first-order valence-corrected chi connectivity index (χ1v) is 7.78. The van der Waals surface area contributed by atoms with Crippen LogP contribution in [0, 0.1) is 0 Å². The smallest absolute Gasteiger partial charge is 0.237 e. The molecule has 0 aromatic carbocycles. The Hall–Kier alpha value is -1.69. The number of carbonyl (C=O) groups is 1. The molecule has 1 aromatic heterocycles. The van der Waals surface area contributed by atoms with Crippen LogP contribution in [0.25, 0.3) is 0 Å². The number of hydrogen-bond acceptors (Lipinski definition) is 5. The van der Waals surface area contributed by atoms with Crippen molar-refractivity contribution in [2.24, 2.45) is 5.73 Å². The minimum atomic E-state index is -0.395. The summed E-state index contributed by atoms with van der Waals surface area (Å²) in [6, 6.07) is 1.54. The van der Waals surface area contributed by atoms with Gasteiger partial charge < -0.3 is 16.0 Å². The molecule has 0 spiro atoms. The fourth-order valence-corrected chi connectivity index (χ4v) is 2.59. The third-order valence-electron chi connectivity index (χ3n) is 3.81. The van der Waals surface area contributed by atoms with E-state index in [0.29, 0.717) is 0 Å². The second-order valence-corrected chi connectivity index (χ2v) is 5.59. The van der Waals surface area contributed by atoms with Crippen molar-refractivity contribution in [1.82, 2.24) is 15.3 Å². The third-order valence-corrected chi connectivity index (χ3v) is 3.81. The maximum Gasteiger partial charge on any atom is 0.237 e. The van der Waals surface area contributed by atoms with Crippen LogP contribution in [-0.4, -0.2) is 41.0 Å². The van der Waals surface area contributed by atoms with Gasteiger partial charge in [-0.1, -0.05) is 19.8 Å². The predicted molar refractivity (Wildman–Crippen MR) is 82.9 cm³/mol. The van der Waals surface area contributed by atoms with Crippen molar-refractivity contribution in [2.75, 3.05) is 18.0 Å². The van der Waals surface area contributed by atoms with E-state index in [2.05, 4.69) is 27.1 Å². The molecule has 21 heavy (non-hydrogen) atoms. The van der Waals surface area contributed by atoms with E-state index >= 15 is 0 Å². The lowest BCUT2D eigenvalue weighted by atomic mass is 10.0. The average Bonchev–Trinajstić information content (AvgIpc) is 2.53. The molecule has 6 nitrogen and oxygen atoms in total. The highest BCUT2D eigenvalue weighted by atomic mass is 16.2. The van der Waals surface area contributed by atoms with E-state index in [-0.39, 0.29) is 11.9 Å². The van der Waals surface area contributed by atoms with Crippen LogP contribution in [0.1, 0.15) is 39.0 Å². The Labute approximate surface area is 126 Å². The monoisotopic (exact) mass is 291 g/mol. The van der Waals surface area contributed by atoms with Crippen LogP contribution in [0.5, 0.6) is 0 Å². The van der Waals surface area contributed by atoms with Gasteiger partial charge in [0, 0.05) is 31.5 Å². The molecule has 0 bridgehead atoms. The second-order valence-electron chi connectivity index (χ2n) is 5.59. The van der Waals surface area contributed by atoms with Gasteiger partial charge in [-0.2, -0.15) is 0 Å². The van der Waals surface area contributed by atoms with Crippen molar-refractivity contribution < 1.29 is 4.79 Å². The van der Waals surface area contributed by atoms with Gasteiger partial charge in [-0.3, -0.25) is 4.79 Å². The maximum atomic E-state index is 12.1. The fraction of sp³-hybridized carbons (Fsp3) is 0.667. The first-order chi connectivity index (χ1) is 10.2. The Morgan fingerprint density at radius 1 is 1.52 bits per heavy atom. The molecule has 1 aliphatic heterocycles. The van der Waals surface area contributed by atoms with Gasteiger partial charge in [0.2, 0.25) is 11.9 Å². The largest absolute Gasteiger partial charge is 0.350 e. The van der Waals surface area contributed by atoms with Gasteiger partial charge in [-0.15, -0.1) is 0 Å². The Morgan fingerprint density at radius 2 is 2.29 bits per heavy atom. The predicted octanol–water partition coefficient (Wildman–Crippen LogP) is 1.08. The van der Waals surface area contributed by atoms with E-state index in [1.165, 1.54) is 0 Å². The van der Waals surface area contributed by atoms with Gasteiger partial charge in [0.25, 0.3) is 0 Å². The number of nitrogens with two attached hydrogens (primary N) is 1. The quantitative estimate of drug-likeness (QED) is 0.819. The van der Waals surface area contributed by atoms with Gasteiger partial charge in [0.15, 0.2) is 0 Å². The van der Waals surface area contributed by atoms with E-state index in [1.807, 2.05) is 0 Å². The highest BCUT2D eigenvalue weighted by Gasteiger charge is 2.24. The summed E-state index contributed by atoms with van der Waals surface area (Å²) in [5.41, 5.74) is 5.92. The van der Waals surface area contributed by atoms with Crippen molar-refractivity contribution >= 4 is 11.9 Å². The van der Waals surface area contributed by atoms with Crippen molar-refractivity contribution in [1.29, 1.82) is 0 Å². The highest BCUT2D eigenvalue weighted by Crippen LogP contribution is 2.15. The molecule has 2 heterocycles. The van der Waals surface area contributed by atoms with Crippen LogP contribution < -0.4 is 16.0 Å². The number of piperidine rings is 1. The molecule has 1 aliphatic rings. The van der Waals surface area contributed by atoms with Gasteiger partial charge in [-0.25, -0.2) is 9.97 Å². The molecule has 0 saturated carbocycles. The molecule has 0 aliphatic carbocycles. The fourth-order valence-electron chi connectivity index (χ4n) is 2.59. The molecular weight excluding hydrogens is 266 g/mol. The molecule has 1 saturated heterocycles. The Morgan fingerprint density at radius 3 is 3.00 bits per heavy atom. The third kappa shape index (κ3) is 4.67. The van der Waals surface area contributed by atoms with Gasteiger partial charge in [-0.05, 0) is 25.3 Å². The topological polar surface area (TPSA) is 84.1 Å². The first kappa shape index (κ1) is 15.7. The second kappa shape index (κ2) is 7.93. The average molecular weight is 291 g/mol. The molecule has 2 atom stereocenters. The minimum absolute atomic E-state index is 0.0377. The lowest BCUT2D eigenvalue weighted by Gasteiger charge is -2.33. The standard InChI is InChI=1S/C15H25N5O/c1-2-3-7-13(16)14(21)19-12-6-4-10-20(11-12)15-17-8-5-9-18-15/h5,8-9,12-13H,2-4,6-7,10-11,16H2,1H3,(H,19,21)/t12?,13-/m0/s1. The minimum Gasteiger partial charge on any atom is -0.350 e. The van der Waals surface area contributed by atoms with E-state index in [9.17, 15) is 4.79 Å². The summed E-state index contributed by atoms with van der Waals surface area (Å²) in [5.74, 6) is 0.691. The molecule has 2 rings (SSSR count). The zero-order valence-corrected chi connectivity index (χ0v) is 12.7. The summed E-state index contributed by atoms with van der Waals surface area (Å²) >= 11 is 0.